The highest BCUT2D eigenvalue weighted by Gasteiger charge is 2.07. The minimum atomic E-state index is 0.296. The molecular weight excluding hydrogens is 280 g/mol. The van der Waals surface area contributed by atoms with E-state index in [9.17, 15) is 0 Å². The zero-order valence-electron chi connectivity index (χ0n) is 9.10. The number of nitrogen functional groups attached to an aromatic ring is 1. The van der Waals surface area contributed by atoms with Crippen molar-refractivity contribution >= 4 is 21.7 Å². The molecule has 0 aliphatic rings. The van der Waals surface area contributed by atoms with Gasteiger partial charge in [-0.15, -0.1) is 0 Å². The van der Waals surface area contributed by atoms with Crippen molar-refractivity contribution in [1.29, 1.82) is 5.26 Å². The highest BCUT2D eigenvalue weighted by molar-refractivity contribution is 9.10. The van der Waals surface area contributed by atoms with Crippen molar-refractivity contribution in [2.75, 3.05) is 5.73 Å². The molecule has 2 aromatic rings. The second-order valence-corrected chi connectivity index (χ2v) is 4.59. The maximum Gasteiger partial charge on any atom is 0.126 e. The summed E-state index contributed by atoms with van der Waals surface area (Å²) in [6, 6.07) is 10.0. The number of nitrogens with two attached hydrogens (primary N) is 1. The SMILES string of the molecule is N#CCc1cnn(Cc2cccc(Br)c2)c1N. The van der Waals surface area contributed by atoms with Crippen molar-refractivity contribution in [2.24, 2.45) is 0 Å². The van der Waals surface area contributed by atoms with Crippen molar-refractivity contribution in [3.63, 3.8) is 0 Å². The molecule has 2 N–H and O–H groups in total. The van der Waals surface area contributed by atoms with Gasteiger partial charge in [0.1, 0.15) is 5.82 Å². The van der Waals surface area contributed by atoms with Gasteiger partial charge in [-0.25, -0.2) is 4.68 Å². The molecule has 2 rings (SSSR count). The number of nitriles is 1. The van der Waals surface area contributed by atoms with E-state index < -0.39 is 0 Å². The van der Waals surface area contributed by atoms with Gasteiger partial charge < -0.3 is 5.73 Å². The first-order valence-corrected chi connectivity index (χ1v) is 5.91. The highest BCUT2D eigenvalue weighted by atomic mass is 79.9. The van der Waals surface area contributed by atoms with E-state index in [2.05, 4.69) is 27.1 Å². The molecule has 0 unspecified atom stereocenters. The molecule has 0 aliphatic heterocycles. The first-order valence-electron chi connectivity index (χ1n) is 5.12. The lowest BCUT2D eigenvalue weighted by atomic mass is 10.2. The molecule has 5 heteroatoms. The minimum absolute atomic E-state index is 0.296. The van der Waals surface area contributed by atoms with E-state index in [0.717, 1.165) is 15.6 Å². The monoisotopic (exact) mass is 290 g/mol. The quantitative estimate of drug-likeness (QED) is 0.943. The van der Waals surface area contributed by atoms with Crippen LogP contribution in [0, 0.1) is 11.3 Å². The average Bonchev–Trinajstić information content (AvgIpc) is 2.62. The van der Waals surface area contributed by atoms with E-state index in [1.54, 1.807) is 10.9 Å². The first-order chi connectivity index (χ1) is 8.20. The van der Waals surface area contributed by atoms with E-state index in [4.69, 9.17) is 11.0 Å². The van der Waals surface area contributed by atoms with Gasteiger partial charge in [0, 0.05) is 10.0 Å². The van der Waals surface area contributed by atoms with Crippen molar-refractivity contribution in [3.05, 3.63) is 46.1 Å². The molecule has 0 radical (unpaired) electrons. The zero-order valence-corrected chi connectivity index (χ0v) is 10.7. The number of anilines is 1. The molecule has 0 amide bonds. The van der Waals surface area contributed by atoms with Gasteiger partial charge >= 0.3 is 0 Å². The fraction of sp³-hybridized carbons (Fsp3) is 0.167. The van der Waals surface area contributed by atoms with Crippen LogP contribution in [0.3, 0.4) is 0 Å². The summed E-state index contributed by atoms with van der Waals surface area (Å²) < 4.78 is 2.73. The van der Waals surface area contributed by atoms with Gasteiger partial charge in [0.25, 0.3) is 0 Å². The molecular formula is C12H11BrN4. The van der Waals surface area contributed by atoms with Crippen LogP contribution in [0.2, 0.25) is 0 Å². The Bertz CT molecular complexity index is 568. The maximum absolute atomic E-state index is 8.63. The summed E-state index contributed by atoms with van der Waals surface area (Å²) in [4.78, 5) is 0. The van der Waals surface area contributed by atoms with Gasteiger partial charge in [-0.2, -0.15) is 10.4 Å². The van der Waals surface area contributed by atoms with Crippen LogP contribution in [0.5, 0.6) is 0 Å². The zero-order chi connectivity index (χ0) is 12.3. The molecule has 0 fully saturated rings. The summed E-state index contributed by atoms with van der Waals surface area (Å²) in [5.41, 5.74) is 7.80. The molecule has 0 saturated carbocycles. The van der Waals surface area contributed by atoms with E-state index in [1.165, 1.54) is 0 Å². The number of hydrogen-bond donors (Lipinski definition) is 1. The smallest absolute Gasteiger partial charge is 0.126 e. The number of rotatable bonds is 3. The summed E-state index contributed by atoms with van der Waals surface area (Å²) in [6.45, 7) is 0.608. The Balaban J connectivity index is 2.22. The molecule has 1 aromatic heterocycles. The maximum atomic E-state index is 8.63. The molecule has 4 nitrogen and oxygen atoms in total. The Morgan fingerprint density at radius 2 is 2.29 bits per heavy atom. The van der Waals surface area contributed by atoms with Crippen molar-refractivity contribution in [3.8, 4) is 6.07 Å². The standard InChI is InChI=1S/C12H11BrN4/c13-11-3-1-2-9(6-11)8-17-12(15)10(4-5-14)7-16-17/h1-3,6-7H,4,8,15H2. The van der Waals surface area contributed by atoms with E-state index >= 15 is 0 Å². The highest BCUT2D eigenvalue weighted by Crippen LogP contribution is 2.16. The van der Waals surface area contributed by atoms with E-state index in [1.807, 2.05) is 24.3 Å². The molecule has 86 valence electrons. The van der Waals surface area contributed by atoms with Crippen LogP contribution in [0.15, 0.2) is 34.9 Å². The molecule has 0 spiro atoms. The van der Waals surface area contributed by atoms with Gasteiger partial charge in [0.2, 0.25) is 0 Å². The summed E-state index contributed by atoms with van der Waals surface area (Å²) >= 11 is 3.42. The third kappa shape index (κ3) is 2.66. The Morgan fingerprint density at radius 1 is 1.47 bits per heavy atom. The second-order valence-electron chi connectivity index (χ2n) is 3.68. The number of halogens is 1. The summed E-state index contributed by atoms with van der Waals surface area (Å²) in [6.07, 6.45) is 1.95. The molecule has 1 heterocycles. The Kier molecular flexibility index (Phi) is 3.45. The lowest BCUT2D eigenvalue weighted by Crippen LogP contribution is -2.06. The molecule has 0 atom stereocenters. The lowest BCUT2D eigenvalue weighted by molar-refractivity contribution is 0.696. The third-order valence-electron chi connectivity index (χ3n) is 2.45. The minimum Gasteiger partial charge on any atom is -0.384 e. The fourth-order valence-electron chi connectivity index (χ4n) is 1.59. The normalized spacial score (nSPS) is 10.1. The predicted octanol–water partition coefficient (Wildman–Crippen LogP) is 2.34. The van der Waals surface area contributed by atoms with Crippen LogP contribution in [0.25, 0.3) is 0 Å². The van der Waals surface area contributed by atoms with Crippen molar-refractivity contribution in [2.45, 2.75) is 13.0 Å². The van der Waals surface area contributed by atoms with Crippen LogP contribution >= 0.6 is 15.9 Å². The Labute approximate surface area is 108 Å². The summed E-state index contributed by atoms with van der Waals surface area (Å²) in [5.74, 6) is 0.562. The Morgan fingerprint density at radius 3 is 3.00 bits per heavy atom. The number of hydrogen-bond acceptors (Lipinski definition) is 3. The largest absolute Gasteiger partial charge is 0.384 e. The average molecular weight is 291 g/mol. The topological polar surface area (TPSA) is 67.6 Å². The Hall–Kier alpha value is -1.80. The fourth-order valence-corrected chi connectivity index (χ4v) is 2.04. The van der Waals surface area contributed by atoms with Crippen LogP contribution in [-0.4, -0.2) is 9.78 Å². The molecule has 1 aromatic carbocycles. The van der Waals surface area contributed by atoms with Crippen LogP contribution in [-0.2, 0) is 13.0 Å². The summed E-state index contributed by atoms with van der Waals surface area (Å²) in [5, 5.41) is 12.8. The lowest BCUT2D eigenvalue weighted by Gasteiger charge is -2.05. The van der Waals surface area contributed by atoms with Gasteiger partial charge in [-0.05, 0) is 17.7 Å². The van der Waals surface area contributed by atoms with Gasteiger partial charge in [0.05, 0.1) is 25.2 Å². The predicted molar refractivity (Wildman–Crippen MR) is 69.2 cm³/mol. The third-order valence-corrected chi connectivity index (χ3v) is 2.94. The molecule has 0 saturated heterocycles. The number of benzene rings is 1. The van der Waals surface area contributed by atoms with E-state index in [-0.39, 0.29) is 0 Å². The molecule has 17 heavy (non-hydrogen) atoms. The number of aromatic nitrogens is 2. The van der Waals surface area contributed by atoms with Gasteiger partial charge in [-0.1, -0.05) is 28.1 Å². The molecule has 0 bridgehead atoms. The van der Waals surface area contributed by atoms with Crippen LogP contribution in [0.1, 0.15) is 11.1 Å². The van der Waals surface area contributed by atoms with Crippen molar-refractivity contribution in [1.82, 2.24) is 9.78 Å². The van der Waals surface area contributed by atoms with Crippen molar-refractivity contribution < 1.29 is 0 Å². The summed E-state index contributed by atoms with van der Waals surface area (Å²) in [7, 11) is 0. The van der Waals surface area contributed by atoms with E-state index in [0.29, 0.717) is 18.8 Å². The number of nitrogens with zero attached hydrogens (tertiary/aromatic N) is 3. The van der Waals surface area contributed by atoms with Crippen LogP contribution < -0.4 is 5.73 Å². The van der Waals surface area contributed by atoms with Gasteiger partial charge in [0.15, 0.2) is 0 Å². The van der Waals surface area contributed by atoms with Crippen LogP contribution in [0.4, 0.5) is 5.82 Å². The second kappa shape index (κ2) is 5.02. The first kappa shape index (κ1) is 11.7. The molecule has 0 aliphatic carbocycles. The van der Waals surface area contributed by atoms with Gasteiger partial charge in [-0.3, -0.25) is 0 Å².